The van der Waals surface area contributed by atoms with E-state index < -0.39 is 0 Å². The number of hydrogen-bond acceptors (Lipinski definition) is 7. The Hall–Kier alpha value is -2.73. The SMILES string of the molecule is COc1ccc(C(C#N)N2CCN(C(=O)c3sc(-c4cccs4)nc3C)CC2)cc1. The van der Waals surface area contributed by atoms with Crippen LogP contribution in [0.4, 0.5) is 0 Å². The molecule has 3 heterocycles. The summed E-state index contributed by atoms with van der Waals surface area (Å²) in [4.78, 5) is 23.5. The van der Waals surface area contributed by atoms with Gasteiger partial charge in [-0.05, 0) is 36.1 Å². The molecule has 0 radical (unpaired) electrons. The molecule has 1 aliphatic heterocycles. The number of carbonyl (C=O) groups excluding carboxylic acids is 1. The zero-order chi connectivity index (χ0) is 21.1. The van der Waals surface area contributed by atoms with Crippen molar-refractivity contribution in [3.63, 3.8) is 0 Å². The third kappa shape index (κ3) is 4.10. The number of thiazole rings is 1. The van der Waals surface area contributed by atoms with Gasteiger partial charge >= 0.3 is 0 Å². The maximum Gasteiger partial charge on any atom is 0.265 e. The summed E-state index contributed by atoms with van der Waals surface area (Å²) in [5.74, 6) is 0.804. The third-order valence-electron chi connectivity index (χ3n) is 5.24. The van der Waals surface area contributed by atoms with Crippen molar-refractivity contribution in [1.29, 1.82) is 5.26 Å². The van der Waals surface area contributed by atoms with Crippen molar-refractivity contribution >= 4 is 28.6 Å². The number of methoxy groups -OCH3 is 1. The fourth-order valence-electron chi connectivity index (χ4n) is 3.58. The smallest absolute Gasteiger partial charge is 0.265 e. The largest absolute Gasteiger partial charge is 0.497 e. The highest BCUT2D eigenvalue weighted by atomic mass is 32.1. The van der Waals surface area contributed by atoms with E-state index in [1.54, 1.807) is 18.4 Å². The van der Waals surface area contributed by atoms with Gasteiger partial charge in [0.2, 0.25) is 0 Å². The van der Waals surface area contributed by atoms with Gasteiger partial charge in [0, 0.05) is 26.2 Å². The fraction of sp³-hybridized carbons (Fsp3) is 0.318. The number of nitrogens with zero attached hydrogens (tertiary/aromatic N) is 4. The first kappa shape index (κ1) is 20.5. The summed E-state index contributed by atoms with van der Waals surface area (Å²) >= 11 is 3.09. The maximum atomic E-state index is 13.1. The third-order valence-corrected chi connectivity index (χ3v) is 7.43. The van der Waals surface area contributed by atoms with Gasteiger partial charge in [-0.2, -0.15) is 5.26 Å². The highest BCUT2D eigenvalue weighted by molar-refractivity contribution is 7.22. The molecule has 1 amide bonds. The monoisotopic (exact) mass is 438 g/mol. The number of thiophene rings is 1. The number of carbonyl (C=O) groups is 1. The van der Waals surface area contributed by atoms with Crippen molar-refractivity contribution in [1.82, 2.24) is 14.8 Å². The Morgan fingerprint density at radius 3 is 2.53 bits per heavy atom. The van der Waals surface area contributed by atoms with Crippen LogP contribution in [0, 0.1) is 18.3 Å². The Bertz CT molecular complexity index is 1050. The quantitative estimate of drug-likeness (QED) is 0.597. The fourth-order valence-corrected chi connectivity index (χ4v) is 5.41. The van der Waals surface area contributed by atoms with E-state index in [0.717, 1.165) is 26.9 Å². The number of hydrogen-bond donors (Lipinski definition) is 0. The molecular weight excluding hydrogens is 416 g/mol. The lowest BCUT2D eigenvalue weighted by Crippen LogP contribution is -2.49. The van der Waals surface area contributed by atoms with Crippen molar-refractivity contribution < 1.29 is 9.53 Å². The molecule has 3 aromatic rings. The number of rotatable bonds is 5. The summed E-state index contributed by atoms with van der Waals surface area (Å²) in [6, 6.07) is 13.7. The Morgan fingerprint density at radius 1 is 1.20 bits per heavy atom. The summed E-state index contributed by atoms with van der Waals surface area (Å²) < 4.78 is 5.20. The van der Waals surface area contributed by atoms with Crippen LogP contribution in [0.1, 0.15) is 27.0 Å². The van der Waals surface area contributed by atoms with Crippen LogP contribution in [-0.4, -0.2) is 54.0 Å². The summed E-state index contributed by atoms with van der Waals surface area (Å²) in [6.07, 6.45) is 0. The molecule has 6 nitrogen and oxygen atoms in total. The van der Waals surface area contributed by atoms with E-state index in [4.69, 9.17) is 4.74 Å². The molecule has 0 bridgehead atoms. The van der Waals surface area contributed by atoms with E-state index >= 15 is 0 Å². The van der Waals surface area contributed by atoms with E-state index in [2.05, 4.69) is 16.0 Å². The van der Waals surface area contributed by atoms with Gasteiger partial charge in [-0.3, -0.25) is 9.69 Å². The van der Waals surface area contributed by atoms with Gasteiger partial charge in [0.1, 0.15) is 21.7 Å². The number of piperazine rings is 1. The van der Waals surface area contributed by atoms with Crippen molar-refractivity contribution in [2.75, 3.05) is 33.3 Å². The highest BCUT2D eigenvalue weighted by Gasteiger charge is 2.29. The molecule has 1 atom stereocenters. The molecule has 2 aromatic heterocycles. The zero-order valence-electron chi connectivity index (χ0n) is 16.9. The molecule has 0 spiro atoms. The van der Waals surface area contributed by atoms with Crippen molar-refractivity contribution in [3.05, 3.63) is 57.9 Å². The number of aromatic nitrogens is 1. The van der Waals surface area contributed by atoms with Gasteiger partial charge in [-0.1, -0.05) is 18.2 Å². The second-order valence-corrected chi connectivity index (χ2v) is 8.99. The summed E-state index contributed by atoms with van der Waals surface area (Å²) in [5.41, 5.74) is 1.72. The van der Waals surface area contributed by atoms with Crippen LogP contribution < -0.4 is 4.74 Å². The zero-order valence-corrected chi connectivity index (χ0v) is 18.5. The topological polar surface area (TPSA) is 69.5 Å². The Kier molecular flexibility index (Phi) is 6.13. The predicted octanol–water partition coefficient (Wildman–Crippen LogP) is 4.21. The first-order valence-corrected chi connectivity index (χ1v) is 11.4. The average molecular weight is 439 g/mol. The molecular formula is C22H22N4O2S2. The molecule has 0 saturated carbocycles. The minimum absolute atomic E-state index is 0.0328. The number of ether oxygens (including phenoxy) is 1. The lowest BCUT2D eigenvalue weighted by atomic mass is 10.1. The molecule has 0 aliphatic carbocycles. The lowest BCUT2D eigenvalue weighted by molar-refractivity contribution is 0.0610. The van der Waals surface area contributed by atoms with Crippen LogP contribution in [0.2, 0.25) is 0 Å². The Labute approximate surface area is 184 Å². The second kappa shape index (κ2) is 8.96. The minimum Gasteiger partial charge on any atom is -0.497 e. The van der Waals surface area contributed by atoms with Crippen molar-refractivity contribution in [2.24, 2.45) is 0 Å². The Balaban J connectivity index is 1.42. The van der Waals surface area contributed by atoms with E-state index in [0.29, 0.717) is 31.1 Å². The maximum absolute atomic E-state index is 13.1. The van der Waals surface area contributed by atoms with Gasteiger partial charge in [0.05, 0.1) is 23.8 Å². The van der Waals surface area contributed by atoms with Crippen molar-refractivity contribution in [3.8, 4) is 21.7 Å². The van der Waals surface area contributed by atoms with Crippen LogP contribution in [0.15, 0.2) is 41.8 Å². The van der Waals surface area contributed by atoms with Crippen molar-refractivity contribution in [2.45, 2.75) is 13.0 Å². The normalized spacial score (nSPS) is 15.6. The Morgan fingerprint density at radius 2 is 1.93 bits per heavy atom. The number of benzene rings is 1. The average Bonchev–Trinajstić information content (AvgIpc) is 3.44. The molecule has 154 valence electrons. The molecule has 8 heteroatoms. The first-order valence-electron chi connectivity index (χ1n) is 9.69. The van der Waals surface area contributed by atoms with Gasteiger partial charge in [-0.25, -0.2) is 4.98 Å². The van der Waals surface area contributed by atoms with E-state index in [-0.39, 0.29) is 11.9 Å². The standard InChI is InChI=1S/C22H22N4O2S2/c1-15-20(30-21(24-15)19-4-3-13-29-19)22(27)26-11-9-25(10-12-26)18(14-23)16-5-7-17(28-2)8-6-16/h3-8,13,18H,9-12H2,1-2H3. The molecule has 1 saturated heterocycles. The molecule has 1 aliphatic rings. The molecule has 1 fully saturated rings. The highest BCUT2D eigenvalue weighted by Crippen LogP contribution is 2.32. The summed E-state index contributed by atoms with van der Waals surface area (Å²) in [7, 11) is 1.63. The van der Waals surface area contributed by atoms with E-state index in [9.17, 15) is 10.1 Å². The van der Waals surface area contributed by atoms with Crippen LogP contribution in [0.3, 0.4) is 0 Å². The second-order valence-electron chi connectivity index (χ2n) is 7.04. The van der Waals surface area contributed by atoms with Gasteiger partial charge < -0.3 is 9.64 Å². The number of amides is 1. The lowest BCUT2D eigenvalue weighted by Gasteiger charge is -2.36. The minimum atomic E-state index is -0.330. The van der Waals surface area contributed by atoms with Gasteiger partial charge in [0.25, 0.3) is 5.91 Å². The van der Waals surface area contributed by atoms with E-state index in [1.807, 2.05) is 53.6 Å². The summed E-state index contributed by atoms with van der Waals surface area (Å²) in [5, 5.41) is 12.6. The first-order chi connectivity index (χ1) is 14.6. The predicted molar refractivity (Wildman–Crippen MR) is 119 cm³/mol. The van der Waals surface area contributed by atoms with Crippen LogP contribution >= 0.6 is 22.7 Å². The van der Waals surface area contributed by atoms with Crippen LogP contribution in [0.5, 0.6) is 5.75 Å². The van der Waals surface area contributed by atoms with Crippen LogP contribution in [0.25, 0.3) is 9.88 Å². The number of aryl methyl sites for hydroxylation is 1. The molecule has 1 unspecified atom stereocenters. The molecule has 4 rings (SSSR count). The number of nitriles is 1. The van der Waals surface area contributed by atoms with Crippen LogP contribution in [-0.2, 0) is 0 Å². The summed E-state index contributed by atoms with van der Waals surface area (Å²) in [6.45, 7) is 4.40. The molecule has 30 heavy (non-hydrogen) atoms. The van der Waals surface area contributed by atoms with Gasteiger partial charge in [0.15, 0.2) is 0 Å². The molecule has 0 N–H and O–H groups in total. The van der Waals surface area contributed by atoms with Gasteiger partial charge in [-0.15, -0.1) is 22.7 Å². The van der Waals surface area contributed by atoms with E-state index in [1.165, 1.54) is 11.3 Å². The molecule has 1 aromatic carbocycles.